The molecule has 0 fully saturated rings. The van der Waals surface area contributed by atoms with Gasteiger partial charge in [0.2, 0.25) is 0 Å². The van der Waals surface area contributed by atoms with Crippen molar-refractivity contribution >= 4 is 55.7 Å². The highest BCUT2D eigenvalue weighted by atomic mass is 15.2. The first kappa shape index (κ1) is 34.2. The summed E-state index contributed by atoms with van der Waals surface area (Å²) in [5, 5.41) is 4.53. The van der Waals surface area contributed by atoms with E-state index in [2.05, 4.69) is 195 Å². The van der Waals surface area contributed by atoms with Crippen molar-refractivity contribution in [3.05, 3.63) is 205 Å². The van der Waals surface area contributed by atoms with E-state index in [1.807, 2.05) is 24.5 Å². The lowest BCUT2D eigenvalue weighted by Gasteiger charge is -2.42. The van der Waals surface area contributed by atoms with Gasteiger partial charge in [0.05, 0.1) is 34.1 Å². The number of anilines is 6. The molecule has 0 saturated heterocycles. The van der Waals surface area contributed by atoms with Crippen LogP contribution in [0.2, 0.25) is 0 Å². The molecule has 2 aliphatic heterocycles. The summed E-state index contributed by atoms with van der Waals surface area (Å²) in [5.41, 5.74) is 16.0. The van der Waals surface area contributed by atoms with Crippen LogP contribution >= 0.6 is 0 Å². The molecule has 0 saturated carbocycles. The normalized spacial score (nSPS) is 14.8. The third-order valence-electron chi connectivity index (χ3n) is 12.7. The molecule has 58 heavy (non-hydrogen) atoms. The zero-order valence-electron chi connectivity index (χ0n) is 33.1. The van der Waals surface area contributed by atoms with Crippen LogP contribution in [0.4, 0.5) is 34.1 Å². The summed E-state index contributed by atoms with van der Waals surface area (Å²) in [6.45, 7) is 9.35. The van der Waals surface area contributed by atoms with Crippen molar-refractivity contribution in [2.45, 2.75) is 38.5 Å². The maximum atomic E-state index is 5.03. The molecule has 0 N–H and O–H groups in total. The smallest absolute Gasteiger partial charge is 0.0714 e. The molecule has 0 aliphatic carbocycles. The van der Waals surface area contributed by atoms with Crippen LogP contribution in [0, 0.1) is 0 Å². The second-order valence-electron chi connectivity index (χ2n) is 16.6. The molecule has 0 unspecified atom stereocenters. The zero-order valence-corrected chi connectivity index (χ0v) is 33.1. The van der Waals surface area contributed by atoms with Crippen LogP contribution in [0.15, 0.2) is 182 Å². The Morgan fingerprint density at radius 1 is 0.345 bits per heavy atom. The zero-order chi connectivity index (χ0) is 39.2. The molecule has 9 aromatic rings. The topological polar surface area (TPSA) is 32.3 Å². The summed E-state index contributed by atoms with van der Waals surface area (Å²) in [6.07, 6.45) is 3.81. The maximum absolute atomic E-state index is 5.03. The number of hydrogen-bond acceptors (Lipinski definition) is 4. The molecular weight excluding hydrogens is 705 g/mol. The Labute approximate surface area is 339 Å². The van der Waals surface area contributed by atoms with Crippen LogP contribution in [-0.4, -0.2) is 9.97 Å². The van der Waals surface area contributed by atoms with E-state index in [0.29, 0.717) is 0 Å². The third kappa shape index (κ3) is 4.94. The number of nitrogens with zero attached hydrogens (tertiary/aromatic N) is 4. The Morgan fingerprint density at radius 2 is 0.672 bits per heavy atom. The molecule has 278 valence electrons. The second kappa shape index (κ2) is 12.7. The Kier molecular flexibility index (Phi) is 7.52. The quantitative estimate of drug-likeness (QED) is 0.168. The minimum atomic E-state index is -0.148. The van der Waals surface area contributed by atoms with Crippen LogP contribution in [0.1, 0.15) is 49.9 Å². The van der Waals surface area contributed by atoms with Gasteiger partial charge in [-0.05, 0) is 117 Å². The van der Waals surface area contributed by atoms with Gasteiger partial charge in [0, 0.05) is 45.7 Å². The minimum Gasteiger partial charge on any atom is -0.310 e. The van der Waals surface area contributed by atoms with Gasteiger partial charge in [-0.15, -0.1) is 0 Å². The Morgan fingerprint density at radius 3 is 1.00 bits per heavy atom. The van der Waals surface area contributed by atoms with Crippen LogP contribution < -0.4 is 9.80 Å². The van der Waals surface area contributed by atoms with Gasteiger partial charge in [-0.2, -0.15) is 0 Å². The summed E-state index contributed by atoms with van der Waals surface area (Å²) >= 11 is 0. The molecule has 4 heterocycles. The van der Waals surface area contributed by atoms with E-state index in [0.717, 1.165) is 55.4 Å². The van der Waals surface area contributed by atoms with Crippen molar-refractivity contribution in [3.63, 3.8) is 0 Å². The molecule has 4 heteroatoms. The van der Waals surface area contributed by atoms with Crippen LogP contribution in [0.3, 0.4) is 0 Å². The van der Waals surface area contributed by atoms with Gasteiger partial charge in [-0.1, -0.05) is 125 Å². The van der Waals surface area contributed by atoms with Crippen molar-refractivity contribution in [2.24, 2.45) is 0 Å². The summed E-state index contributed by atoms with van der Waals surface area (Å²) < 4.78 is 0. The molecule has 2 aromatic heterocycles. The number of para-hydroxylation sites is 4. The fraction of sp³-hybridized carbons (Fsp3) is 0.111. The number of pyridine rings is 2. The standard InChI is InChI=1S/C54H42N4/c1-53(2)41-17-5-9-23-47(41)57(48-24-10-6-18-42(48)53)35-27-29-37-39(33-35)51(45-21-13-15-31-55-45)38-30-28-36(34-40(38)52(37)46-22-14-16-32-56-46)58-49-25-11-7-19-43(49)54(3,4)44-20-8-12-26-50(44)58/h5-34H,1-4H3. The number of benzene rings is 7. The molecule has 7 aromatic carbocycles. The molecule has 0 amide bonds. The average molecular weight is 747 g/mol. The molecule has 2 aliphatic rings. The summed E-state index contributed by atoms with van der Waals surface area (Å²) in [5.74, 6) is 0. The number of aromatic nitrogens is 2. The average Bonchev–Trinajstić information content (AvgIpc) is 3.26. The van der Waals surface area contributed by atoms with Gasteiger partial charge >= 0.3 is 0 Å². The summed E-state index contributed by atoms with van der Waals surface area (Å²) in [4.78, 5) is 15.0. The highest BCUT2D eigenvalue weighted by molar-refractivity contribution is 6.22. The van der Waals surface area contributed by atoms with Gasteiger partial charge in [-0.3, -0.25) is 9.97 Å². The van der Waals surface area contributed by atoms with Crippen molar-refractivity contribution in [2.75, 3.05) is 9.80 Å². The first-order valence-electron chi connectivity index (χ1n) is 20.2. The van der Waals surface area contributed by atoms with E-state index >= 15 is 0 Å². The molecule has 0 radical (unpaired) electrons. The van der Waals surface area contributed by atoms with Gasteiger partial charge < -0.3 is 9.80 Å². The number of rotatable bonds is 4. The largest absolute Gasteiger partial charge is 0.310 e. The van der Waals surface area contributed by atoms with Gasteiger partial charge in [0.15, 0.2) is 0 Å². The SMILES string of the molecule is CC1(C)c2ccccc2N(c2ccc3c(-c4ccccn4)c4cc(N5c6ccccc6C(C)(C)c6ccccc65)ccc4c(-c4ccccn4)c3c2)c2ccccc21. The first-order valence-corrected chi connectivity index (χ1v) is 20.2. The highest BCUT2D eigenvalue weighted by Gasteiger charge is 2.38. The predicted octanol–water partition coefficient (Wildman–Crippen LogP) is 14.3. The van der Waals surface area contributed by atoms with Gasteiger partial charge in [0.25, 0.3) is 0 Å². The lowest BCUT2D eigenvalue weighted by atomic mass is 9.73. The fourth-order valence-corrected chi connectivity index (χ4v) is 9.95. The molecular formula is C54H42N4. The van der Waals surface area contributed by atoms with Crippen molar-refractivity contribution < 1.29 is 0 Å². The Hall–Kier alpha value is -7.04. The van der Waals surface area contributed by atoms with Crippen LogP contribution in [0.5, 0.6) is 0 Å². The van der Waals surface area contributed by atoms with Crippen molar-refractivity contribution in [1.82, 2.24) is 9.97 Å². The van der Waals surface area contributed by atoms with E-state index in [1.165, 1.54) is 45.0 Å². The molecule has 4 nitrogen and oxygen atoms in total. The Balaban J connectivity index is 1.22. The monoisotopic (exact) mass is 746 g/mol. The highest BCUT2D eigenvalue weighted by Crippen LogP contribution is 2.55. The minimum absolute atomic E-state index is 0.148. The molecule has 11 rings (SSSR count). The first-order chi connectivity index (χ1) is 28.3. The van der Waals surface area contributed by atoms with Gasteiger partial charge in [0.1, 0.15) is 0 Å². The van der Waals surface area contributed by atoms with E-state index in [4.69, 9.17) is 9.97 Å². The fourth-order valence-electron chi connectivity index (χ4n) is 9.95. The molecule has 0 atom stereocenters. The lowest BCUT2D eigenvalue weighted by molar-refractivity contribution is 0.632. The number of fused-ring (bicyclic) bond motifs is 6. The van der Waals surface area contributed by atoms with E-state index in [9.17, 15) is 0 Å². The third-order valence-corrected chi connectivity index (χ3v) is 12.7. The Bertz CT molecular complexity index is 2770. The van der Waals surface area contributed by atoms with Crippen molar-refractivity contribution in [1.29, 1.82) is 0 Å². The van der Waals surface area contributed by atoms with E-state index in [-0.39, 0.29) is 10.8 Å². The van der Waals surface area contributed by atoms with E-state index < -0.39 is 0 Å². The summed E-state index contributed by atoms with van der Waals surface area (Å²) in [6, 6.07) is 61.8. The number of hydrogen-bond donors (Lipinski definition) is 0. The predicted molar refractivity (Wildman–Crippen MR) is 242 cm³/mol. The van der Waals surface area contributed by atoms with Crippen LogP contribution in [0.25, 0.3) is 44.1 Å². The molecule has 0 bridgehead atoms. The van der Waals surface area contributed by atoms with Crippen molar-refractivity contribution in [3.8, 4) is 22.5 Å². The van der Waals surface area contributed by atoms with Gasteiger partial charge in [-0.25, -0.2) is 0 Å². The maximum Gasteiger partial charge on any atom is 0.0714 e. The van der Waals surface area contributed by atoms with E-state index in [1.54, 1.807) is 0 Å². The summed E-state index contributed by atoms with van der Waals surface area (Å²) in [7, 11) is 0. The molecule has 0 spiro atoms. The van der Waals surface area contributed by atoms with Crippen LogP contribution in [-0.2, 0) is 10.8 Å². The second-order valence-corrected chi connectivity index (χ2v) is 16.6. The lowest BCUT2D eigenvalue weighted by Crippen LogP contribution is -2.30.